The number of anilines is 1. The van der Waals surface area contributed by atoms with Crippen molar-refractivity contribution in [1.29, 1.82) is 0 Å². The maximum atomic E-state index is 4.53. The molecular weight excluding hydrogens is 711 g/mol. The molecule has 7 atom stereocenters. The van der Waals surface area contributed by atoms with Gasteiger partial charge in [0.05, 0.1) is 11.6 Å². The number of aromatic nitrogens is 2. The van der Waals surface area contributed by atoms with Gasteiger partial charge in [0.1, 0.15) is 0 Å². The molecular formula is C53H49N3S. The first-order chi connectivity index (χ1) is 28.2. The molecule has 2 aromatic carbocycles. The van der Waals surface area contributed by atoms with E-state index in [9.17, 15) is 0 Å². The molecule has 6 aliphatic carbocycles. The molecule has 4 heteroatoms. The number of allylic oxidation sites excluding steroid dienone is 12. The Hall–Kier alpha value is -5.06. The fourth-order valence-corrected chi connectivity index (χ4v) is 13.4. The number of benzene rings is 2. The van der Waals surface area contributed by atoms with E-state index in [0.717, 1.165) is 38.0 Å². The van der Waals surface area contributed by atoms with Gasteiger partial charge in [0.15, 0.2) is 0 Å². The highest BCUT2D eigenvalue weighted by Crippen LogP contribution is 2.54. The van der Waals surface area contributed by atoms with Gasteiger partial charge in [0.25, 0.3) is 0 Å². The third kappa shape index (κ3) is 5.65. The summed E-state index contributed by atoms with van der Waals surface area (Å²) in [4.78, 5) is 7.33. The summed E-state index contributed by atoms with van der Waals surface area (Å²) in [5.74, 6) is 1.37. The molecule has 4 aromatic rings. The first kappa shape index (κ1) is 34.0. The molecule has 0 amide bonds. The Morgan fingerprint density at radius 2 is 1.77 bits per heavy atom. The van der Waals surface area contributed by atoms with Gasteiger partial charge in [-0.1, -0.05) is 103 Å². The first-order valence-electron chi connectivity index (χ1n) is 21.6. The summed E-state index contributed by atoms with van der Waals surface area (Å²) in [6.45, 7) is 0. The smallest absolute Gasteiger partial charge is 0.0587 e. The second-order valence-corrected chi connectivity index (χ2v) is 18.7. The average Bonchev–Trinajstić information content (AvgIpc) is 3.94. The predicted octanol–water partition coefficient (Wildman–Crippen LogP) is 12.7. The molecule has 7 unspecified atom stereocenters. The lowest BCUT2D eigenvalue weighted by Gasteiger charge is -2.38. The quantitative estimate of drug-likeness (QED) is 0.189. The lowest BCUT2D eigenvalue weighted by Crippen LogP contribution is -2.42. The van der Waals surface area contributed by atoms with Crippen LogP contribution in [0.2, 0.25) is 0 Å². The van der Waals surface area contributed by atoms with Crippen molar-refractivity contribution in [3.05, 3.63) is 185 Å². The minimum absolute atomic E-state index is 0.282. The molecule has 0 radical (unpaired) electrons. The number of hydrogen-bond acceptors (Lipinski definition) is 3. The van der Waals surface area contributed by atoms with Gasteiger partial charge >= 0.3 is 0 Å². The largest absolute Gasteiger partial charge is 0.357 e. The lowest BCUT2D eigenvalue weighted by molar-refractivity contribution is 0.506. The Kier molecular flexibility index (Phi) is 8.24. The van der Waals surface area contributed by atoms with Crippen LogP contribution in [0.5, 0.6) is 0 Å². The SMILES string of the molecule is C1=CCCC(C2=CC(c3cccnc3)CC(n3c4c(c5cc(C6=CC7c8ccccc8N(C8C=C9C(CC8)SC8C=CCCC98)C7C=C6)ccc53)CCC=C4)=C2)=C1. The topological polar surface area (TPSA) is 21.1 Å². The van der Waals surface area contributed by atoms with E-state index in [-0.39, 0.29) is 5.92 Å². The van der Waals surface area contributed by atoms with E-state index in [2.05, 4.69) is 166 Å². The van der Waals surface area contributed by atoms with Gasteiger partial charge < -0.3 is 9.47 Å². The Labute approximate surface area is 341 Å². The molecule has 0 spiro atoms. The Morgan fingerprint density at radius 1 is 0.807 bits per heavy atom. The Bertz CT molecular complexity index is 2590. The van der Waals surface area contributed by atoms with Crippen molar-refractivity contribution in [2.75, 3.05) is 4.90 Å². The van der Waals surface area contributed by atoms with Gasteiger partial charge in [0.2, 0.25) is 0 Å². The molecule has 0 saturated carbocycles. The number of aryl methyl sites for hydroxylation is 1. The summed E-state index contributed by atoms with van der Waals surface area (Å²) in [6, 6.07) is 21.8. The molecule has 4 heterocycles. The lowest BCUT2D eigenvalue weighted by atomic mass is 9.80. The molecule has 8 aliphatic rings. The van der Waals surface area contributed by atoms with E-state index in [0.29, 0.717) is 28.5 Å². The van der Waals surface area contributed by atoms with Crippen molar-refractivity contribution in [3.63, 3.8) is 0 Å². The monoisotopic (exact) mass is 759 g/mol. The third-order valence-corrected chi connectivity index (χ3v) is 15.9. The van der Waals surface area contributed by atoms with Crippen LogP contribution in [0.1, 0.15) is 91.2 Å². The summed E-state index contributed by atoms with van der Waals surface area (Å²) >= 11 is 2.24. The fourth-order valence-electron chi connectivity index (χ4n) is 11.6. The van der Waals surface area contributed by atoms with E-state index >= 15 is 0 Å². The van der Waals surface area contributed by atoms with Crippen LogP contribution in [0.25, 0.3) is 28.2 Å². The van der Waals surface area contributed by atoms with Crippen molar-refractivity contribution in [1.82, 2.24) is 9.55 Å². The molecule has 0 bridgehead atoms. The van der Waals surface area contributed by atoms with Crippen LogP contribution in [0.15, 0.2) is 157 Å². The molecule has 282 valence electrons. The average molecular weight is 760 g/mol. The summed E-state index contributed by atoms with van der Waals surface area (Å²) in [7, 11) is 0. The Balaban J connectivity index is 0.909. The second-order valence-electron chi connectivity index (χ2n) is 17.4. The van der Waals surface area contributed by atoms with Crippen molar-refractivity contribution >= 4 is 45.7 Å². The number of hydrogen-bond donors (Lipinski definition) is 0. The van der Waals surface area contributed by atoms with Gasteiger partial charge in [-0.3, -0.25) is 4.98 Å². The summed E-state index contributed by atoms with van der Waals surface area (Å²) < 4.78 is 2.60. The zero-order valence-electron chi connectivity index (χ0n) is 32.5. The minimum atomic E-state index is 0.282. The molecule has 1 saturated heterocycles. The maximum Gasteiger partial charge on any atom is 0.0587 e. The van der Waals surface area contributed by atoms with Crippen molar-refractivity contribution < 1.29 is 0 Å². The van der Waals surface area contributed by atoms with E-state index in [4.69, 9.17) is 0 Å². The zero-order valence-corrected chi connectivity index (χ0v) is 33.3. The normalized spacial score (nSPS) is 29.4. The van der Waals surface area contributed by atoms with Gasteiger partial charge in [-0.2, -0.15) is 0 Å². The number of pyridine rings is 1. The summed E-state index contributed by atoms with van der Waals surface area (Å²) in [5, 5.41) is 2.81. The molecule has 1 fully saturated rings. The Morgan fingerprint density at radius 3 is 2.70 bits per heavy atom. The molecule has 3 nitrogen and oxygen atoms in total. The number of rotatable bonds is 5. The van der Waals surface area contributed by atoms with Crippen LogP contribution in [0, 0.1) is 5.92 Å². The van der Waals surface area contributed by atoms with Crippen molar-refractivity contribution in [2.24, 2.45) is 5.92 Å². The van der Waals surface area contributed by atoms with Crippen LogP contribution < -0.4 is 4.90 Å². The highest BCUT2D eigenvalue weighted by molar-refractivity contribution is 8.01. The summed E-state index contributed by atoms with van der Waals surface area (Å²) in [6.07, 6.45) is 46.2. The predicted molar refractivity (Wildman–Crippen MR) is 240 cm³/mol. The molecule has 0 N–H and O–H groups in total. The van der Waals surface area contributed by atoms with Crippen LogP contribution in [0.3, 0.4) is 0 Å². The van der Waals surface area contributed by atoms with Crippen LogP contribution in [0.4, 0.5) is 5.69 Å². The van der Waals surface area contributed by atoms with Crippen LogP contribution in [-0.4, -0.2) is 32.1 Å². The molecule has 2 aliphatic heterocycles. The fraction of sp³-hybridized carbons (Fsp3) is 0.302. The van der Waals surface area contributed by atoms with Gasteiger partial charge in [-0.15, -0.1) is 11.8 Å². The third-order valence-electron chi connectivity index (χ3n) is 14.2. The van der Waals surface area contributed by atoms with Crippen molar-refractivity contribution in [3.8, 4) is 0 Å². The number of para-hydroxylation sites is 1. The molecule has 12 rings (SSSR count). The first-order valence-corrected chi connectivity index (χ1v) is 22.5. The second kappa shape index (κ2) is 13.8. The maximum absolute atomic E-state index is 4.53. The number of fused-ring (bicyclic) bond motifs is 9. The number of thioether (sulfide) groups is 1. The summed E-state index contributed by atoms with van der Waals surface area (Å²) in [5.41, 5.74) is 17.0. The van der Waals surface area contributed by atoms with E-state index in [1.165, 1.54) is 92.6 Å². The molecule has 2 aromatic heterocycles. The zero-order chi connectivity index (χ0) is 37.5. The van der Waals surface area contributed by atoms with Crippen molar-refractivity contribution in [2.45, 2.75) is 92.2 Å². The van der Waals surface area contributed by atoms with Gasteiger partial charge in [-0.05, 0) is 139 Å². The van der Waals surface area contributed by atoms with E-state index in [1.807, 2.05) is 6.20 Å². The van der Waals surface area contributed by atoms with Crippen LogP contribution in [-0.2, 0) is 6.42 Å². The van der Waals surface area contributed by atoms with Gasteiger partial charge in [-0.25, -0.2) is 0 Å². The number of nitrogens with zero attached hydrogens (tertiary/aromatic N) is 3. The highest BCUT2D eigenvalue weighted by atomic mass is 32.2. The highest BCUT2D eigenvalue weighted by Gasteiger charge is 2.45. The molecule has 57 heavy (non-hydrogen) atoms. The van der Waals surface area contributed by atoms with Crippen LogP contribution >= 0.6 is 11.8 Å². The van der Waals surface area contributed by atoms with Gasteiger partial charge in [0, 0.05) is 63.2 Å². The standard InChI is InChI=1S/C53H49N3S/c1-2-11-34(12-3-1)38-27-39(37-13-10-26-54-33-37)29-41(28-38)56-49-18-8-5-15-43(49)46-31-36(21-24-51(46)56)35-20-23-50-45(30-35)42-14-4-7-17-48(42)55(50)40-22-25-53-47(32-40)44-16-6-9-19-52(44)57-53/h1-2,4,7-11,13-14,17-21,23-24,26-28,30-33,39-40,44-45,50,52-53H,3,5-6,12,15-16,22,25,29H2. The van der Waals surface area contributed by atoms with E-state index in [1.54, 1.807) is 5.57 Å². The minimum Gasteiger partial charge on any atom is -0.357 e. The van der Waals surface area contributed by atoms with E-state index < -0.39 is 0 Å².